The van der Waals surface area contributed by atoms with Crippen LogP contribution < -0.4 is 5.32 Å². The Balaban J connectivity index is 1.35. The largest absolute Gasteiger partial charge is 0.387 e. The molecule has 1 fully saturated rings. The van der Waals surface area contributed by atoms with Crippen LogP contribution in [0.1, 0.15) is 22.6 Å². The van der Waals surface area contributed by atoms with E-state index in [1.807, 2.05) is 48.5 Å². The lowest BCUT2D eigenvalue weighted by molar-refractivity contribution is -0.275. The minimum Gasteiger partial charge on any atom is -0.387 e. The number of aromatic nitrogens is 3. The molecule has 1 amide bonds. The van der Waals surface area contributed by atoms with Gasteiger partial charge in [0.15, 0.2) is 12.4 Å². The standard InChI is InChI=1S/C25H29N5O6/c31-20-21(32)23(36-25(35)22(20)33)24(34)29-12-16-7-8-19(28-11-16)15-30(13-17-5-1-3-9-26-17)14-18-6-2-4-10-27-18/h1-11,20-23,25,31-33,35H,12-15H2,(H,29,34)/t20-,21+,22+,23-,25-/m0/s1. The van der Waals surface area contributed by atoms with E-state index < -0.39 is 36.6 Å². The van der Waals surface area contributed by atoms with Crippen LogP contribution in [0.15, 0.2) is 67.1 Å². The number of hydrogen-bond donors (Lipinski definition) is 5. The van der Waals surface area contributed by atoms with Crippen LogP contribution in [-0.4, -0.2) is 76.9 Å². The molecule has 190 valence electrons. The number of carbonyl (C=O) groups is 1. The SMILES string of the molecule is O=C(NCc1ccc(CN(Cc2ccccn2)Cc2ccccn2)nc1)[C@H]1O[C@H](O)[C@H](O)[C@@H](O)[C@H]1O. The third-order valence-electron chi connectivity index (χ3n) is 5.81. The summed E-state index contributed by atoms with van der Waals surface area (Å²) in [5, 5.41) is 41.5. The van der Waals surface area contributed by atoms with E-state index in [9.17, 15) is 25.2 Å². The molecule has 11 nitrogen and oxygen atoms in total. The quantitative estimate of drug-likeness (QED) is 0.261. The van der Waals surface area contributed by atoms with Crippen LogP contribution in [0.5, 0.6) is 0 Å². The van der Waals surface area contributed by atoms with Crippen LogP contribution in [0.4, 0.5) is 0 Å². The molecular weight excluding hydrogens is 466 g/mol. The van der Waals surface area contributed by atoms with E-state index in [-0.39, 0.29) is 6.54 Å². The normalized spacial score (nSPS) is 24.0. The van der Waals surface area contributed by atoms with Crippen molar-refractivity contribution in [2.75, 3.05) is 0 Å². The van der Waals surface area contributed by atoms with Gasteiger partial charge in [0.05, 0.1) is 17.1 Å². The van der Waals surface area contributed by atoms with Crippen molar-refractivity contribution in [3.8, 4) is 0 Å². The molecule has 4 rings (SSSR count). The lowest BCUT2D eigenvalue weighted by Crippen LogP contribution is -2.61. The Morgan fingerprint density at radius 1 is 0.806 bits per heavy atom. The summed E-state index contributed by atoms with van der Waals surface area (Å²) in [5.74, 6) is -0.728. The van der Waals surface area contributed by atoms with Gasteiger partial charge in [-0.3, -0.25) is 24.6 Å². The first-order valence-corrected chi connectivity index (χ1v) is 11.5. The molecule has 5 atom stereocenters. The van der Waals surface area contributed by atoms with Crippen LogP contribution in [0, 0.1) is 0 Å². The zero-order valence-corrected chi connectivity index (χ0v) is 19.5. The Kier molecular flexibility index (Phi) is 8.65. The number of aliphatic hydroxyl groups excluding tert-OH is 4. The predicted molar refractivity (Wildman–Crippen MR) is 126 cm³/mol. The Morgan fingerprint density at radius 2 is 1.42 bits per heavy atom. The molecule has 1 aliphatic heterocycles. The second-order valence-corrected chi connectivity index (χ2v) is 8.58. The minimum atomic E-state index is -1.78. The summed E-state index contributed by atoms with van der Waals surface area (Å²) in [4.78, 5) is 27.9. The number of amides is 1. The lowest BCUT2D eigenvalue weighted by atomic mass is 9.98. The zero-order valence-electron chi connectivity index (χ0n) is 19.5. The molecule has 3 aromatic rings. The number of ether oxygens (including phenoxy) is 1. The van der Waals surface area contributed by atoms with Gasteiger partial charge in [0.1, 0.15) is 18.3 Å². The Labute approximate surface area is 208 Å². The third kappa shape index (κ3) is 6.66. The smallest absolute Gasteiger partial charge is 0.252 e. The molecular formula is C25H29N5O6. The maximum atomic E-state index is 12.4. The van der Waals surface area contributed by atoms with Gasteiger partial charge < -0.3 is 30.5 Å². The second-order valence-electron chi connectivity index (χ2n) is 8.58. The highest BCUT2D eigenvalue weighted by Gasteiger charge is 2.46. The van der Waals surface area contributed by atoms with Crippen molar-refractivity contribution in [2.45, 2.75) is 56.9 Å². The van der Waals surface area contributed by atoms with Gasteiger partial charge in [-0.1, -0.05) is 18.2 Å². The topological polar surface area (TPSA) is 161 Å². The molecule has 3 aromatic heterocycles. The molecule has 4 heterocycles. The summed E-state index contributed by atoms with van der Waals surface area (Å²) >= 11 is 0. The van der Waals surface area contributed by atoms with Gasteiger partial charge in [0, 0.05) is 44.8 Å². The van der Waals surface area contributed by atoms with Crippen molar-refractivity contribution < 1.29 is 30.0 Å². The number of pyridine rings is 3. The van der Waals surface area contributed by atoms with E-state index in [0.717, 1.165) is 17.1 Å². The minimum absolute atomic E-state index is 0.0963. The van der Waals surface area contributed by atoms with Crippen molar-refractivity contribution in [3.63, 3.8) is 0 Å². The lowest BCUT2D eigenvalue weighted by Gasteiger charge is -2.37. The molecule has 36 heavy (non-hydrogen) atoms. The van der Waals surface area contributed by atoms with Crippen LogP contribution in [0.25, 0.3) is 0 Å². The molecule has 0 spiro atoms. The first-order valence-electron chi connectivity index (χ1n) is 11.5. The Morgan fingerprint density at radius 3 is 1.94 bits per heavy atom. The molecule has 0 radical (unpaired) electrons. The maximum absolute atomic E-state index is 12.4. The summed E-state index contributed by atoms with van der Waals surface area (Å²) in [6, 6.07) is 15.3. The van der Waals surface area contributed by atoms with Crippen molar-refractivity contribution in [2.24, 2.45) is 0 Å². The summed E-state index contributed by atoms with van der Waals surface area (Å²) in [6.07, 6.45) is -3.21. The fourth-order valence-electron chi connectivity index (χ4n) is 3.86. The zero-order chi connectivity index (χ0) is 25.5. The number of carbonyl (C=O) groups excluding carboxylic acids is 1. The molecule has 1 aliphatic rings. The van der Waals surface area contributed by atoms with Crippen molar-refractivity contribution in [3.05, 3.63) is 89.8 Å². The van der Waals surface area contributed by atoms with E-state index in [0.29, 0.717) is 25.2 Å². The average Bonchev–Trinajstić information content (AvgIpc) is 2.90. The molecule has 0 aromatic carbocycles. The predicted octanol–water partition coefficient (Wildman–Crippen LogP) is -0.510. The number of nitrogens with zero attached hydrogens (tertiary/aromatic N) is 4. The van der Waals surface area contributed by atoms with Crippen molar-refractivity contribution in [1.29, 1.82) is 0 Å². The van der Waals surface area contributed by atoms with Gasteiger partial charge in [0.2, 0.25) is 0 Å². The number of nitrogens with one attached hydrogen (secondary N) is 1. The summed E-state index contributed by atoms with van der Waals surface area (Å²) in [7, 11) is 0. The monoisotopic (exact) mass is 495 g/mol. The van der Waals surface area contributed by atoms with Crippen molar-refractivity contribution in [1.82, 2.24) is 25.2 Å². The molecule has 0 aliphatic carbocycles. The van der Waals surface area contributed by atoms with E-state index in [1.165, 1.54) is 0 Å². The van der Waals surface area contributed by atoms with E-state index >= 15 is 0 Å². The van der Waals surface area contributed by atoms with Gasteiger partial charge in [-0.15, -0.1) is 0 Å². The third-order valence-corrected chi connectivity index (χ3v) is 5.81. The summed E-state index contributed by atoms with van der Waals surface area (Å²) in [6.45, 7) is 1.89. The van der Waals surface area contributed by atoms with Crippen LogP contribution in [0.3, 0.4) is 0 Å². The average molecular weight is 496 g/mol. The summed E-state index contributed by atoms with van der Waals surface area (Å²) < 4.78 is 4.94. The molecule has 1 saturated heterocycles. The first kappa shape index (κ1) is 25.8. The van der Waals surface area contributed by atoms with Gasteiger partial charge in [-0.2, -0.15) is 0 Å². The van der Waals surface area contributed by atoms with E-state index in [4.69, 9.17) is 4.74 Å². The van der Waals surface area contributed by atoms with Crippen LogP contribution in [-0.2, 0) is 35.7 Å². The first-order chi connectivity index (χ1) is 17.4. The highest BCUT2D eigenvalue weighted by atomic mass is 16.6. The van der Waals surface area contributed by atoms with Gasteiger partial charge in [-0.05, 0) is 35.9 Å². The number of aliphatic hydroxyl groups is 4. The Bertz CT molecular complexity index is 1060. The molecule has 0 bridgehead atoms. The van der Waals surface area contributed by atoms with Gasteiger partial charge >= 0.3 is 0 Å². The van der Waals surface area contributed by atoms with Crippen LogP contribution in [0.2, 0.25) is 0 Å². The molecule has 11 heteroatoms. The van der Waals surface area contributed by atoms with Crippen molar-refractivity contribution >= 4 is 5.91 Å². The molecule has 0 unspecified atom stereocenters. The number of rotatable bonds is 9. The fraction of sp³-hybridized carbons (Fsp3) is 0.360. The molecule has 5 N–H and O–H groups in total. The molecule has 0 saturated carbocycles. The second kappa shape index (κ2) is 12.1. The van der Waals surface area contributed by atoms with Crippen LogP contribution >= 0.6 is 0 Å². The van der Waals surface area contributed by atoms with Gasteiger partial charge in [-0.25, -0.2) is 0 Å². The van der Waals surface area contributed by atoms with E-state index in [2.05, 4.69) is 25.2 Å². The summed E-state index contributed by atoms with van der Waals surface area (Å²) in [5.41, 5.74) is 3.40. The number of hydrogen-bond acceptors (Lipinski definition) is 10. The van der Waals surface area contributed by atoms with E-state index in [1.54, 1.807) is 18.6 Å². The maximum Gasteiger partial charge on any atom is 0.252 e. The highest BCUT2D eigenvalue weighted by Crippen LogP contribution is 2.20. The Hall–Kier alpha value is -3.32. The van der Waals surface area contributed by atoms with Gasteiger partial charge in [0.25, 0.3) is 5.91 Å². The highest BCUT2D eigenvalue weighted by molar-refractivity contribution is 5.81. The fourth-order valence-corrected chi connectivity index (χ4v) is 3.86.